The van der Waals surface area contributed by atoms with E-state index < -0.39 is 0 Å². The van der Waals surface area contributed by atoms with Crippen LogP contribution in [0.5, 0.6) is 0 Å². The van der Waals surface area contributed by atoms with E-state index in [1.165, 1.54) is 31.4 Å². The topological polar surface area (TPSA) is 29.1 Å². The summed E-state index contributed by atoms with van der Waals surface area (Å²) in [6.07, 6.45) is 4.10. The van der Waals surface area contributed by atoms with E-state index in [1.807, 2.05) is 0 Å². The third-order valence-electron chi connectivity index (χ3n) is 5.14. The maximum absolute atomic E-state index is 12.8. The van der Waals surface area contributed by atoms with Crippen LogP contribution in [0.3, 0.4) is 0 Å². The number of carbonyl (C=O) groups is 1. The van der Waals surface area contributed by atoms with E-state index in [-0.39, 0.29) is 11.7 Å². The molecule has 1 aromatic carbocycles. The van der Waals surface area contributed by atoms with Crippen molar-refractivity contribution in [2.75, 3.05) is 0 Å². The van der Waals surface area contributed by atoms with E-state index >= 15 is 0 Å². The highest BCUT2D eigenvalue weighted by Gasteiger charge is 2.65. The number of rotatable bonds is 2. The molecule has 0 aliphatic heterocycles. The van der Waals surface area contributed by atoms with Crippen molar-refractivity contribution >= 4 is 5.91 Å². The number of carbonyl (C=O) groups excluding carboxylic acids is 1. The first-order valence-corrected chi connectivity index (χ1v) is 6.80. The Morgan fingerprint density at radius 1 is 1.11 bits per heavy atom. The van der Waals surface area contributed by atoms with Crippen molar-refractivity contribution in [3.8, 4) is 0 Å². The van der Waals surface area contributed by atoms with Crippen LogP contribution in [0.4, 0.5) is 4.39 Å². The zero-order chi connectivity index (χ0) is 12.3. The molecule has 4 rings (SSSR count). The molecule has 3 saturated carbocycles. The van der Waals surface area contributed by atoms with Gasteiger partial charge in [0.15, 0.2) is 0 Å². The Morgan fingerprint density at radius 2 is 1.72 bits per heavy atom. The lowest BCUT2D eigenvalue weighted by molar-refractivity contribution is 0.0944. The van der Waals surface area contributed by atoms with Crippen LogP contribution in [0.15, 0.2) is 24.3 Å². The Labute approximate surface area is 106 Å². The summed E-state index contributed by atoms with van der Waals surface area (Å²) >= 11 is 0. The molecule has 0 radical (unpaired) electrons. The third kappa shape index (κ3) is 1.43. The fraction of sp³-hybridized carbons (Fsp3) is 0.533. The van der Waals surface area contributed by atoms with Gasteiger partial charge in [-0.05, 0) is 67.2 Å². The number of halogens is 1. The molecule has 3 aliphatic rings. The molecule has 3 aliphatic carbocycles. The molecule has 2 bridgehead atoms. The summed E-state index contributed by atoms with van der Waals surface area (Å²) in [4.78, 5) is 12.0. The highest BCUT2D eigenvalue weighted by atomic mass is 19.1. The summed E-state index contributed by atoms with van der Waals surface area (Å²) in [5, 5.41) is 3.13. The van der Waals surface area contributed by atoms with E-state index in [4.69, 9.17) is 0 Å². The molecule has 4 unspecified atom stereocenters. The van der Waals surface area contributed by atoms with Gasteiger partial charge in [-0.3, -0.25) is 4.79 Å². The largest absolute Gasteiger partial charge is 0.349 e. The Balaban J connectivity index is 1.44. The quantitative estimate of drug-likeness (QED) is 0.852. The number of benzene rings is 1. The van der Waals surface area contributed by atoms with Gasteiger partial charge in [-0.25, -0.2) is 4.39 Å². The van der Waals surface area contributed by atoms with Crippen molar-refractivity contribution in [1.29, 1.82) is 0 Å². The number of hydrogen-bond acceptors (Lipinski definition) is 1. The van der Waals surface area contributed by atoms with Crippen LogP contribution in [-0.4, -0.2) is 11.9 Å². The lowest BCUT2D eigenvalue weighted by atomic mass is 10.0. The summed E-state index contributed by atoms with van der Waals surface area (Å²) in [6, 6.07) is 6.18. The van der Waals surface area contributed by atoms with Gasteiger partial charge in [-0.15, -0.1) is 0 Å². The van der Waals surface area contributed by atoms with E-state index in [0.717, 1.165) is 23.7 Å². The summed E-state index contributed by atoms with van der Waals surface area (Å²) in [6.45, 7) is 0. The predicted molar refractivity (Wildman–Crippen MR) is 65.5 cm³/mol. The molecule has 0 heterocycles. The maximum atomic E-state index is 12.8. The van der Waals surface area contributed by atoms with Crippen molar-refractivity contribution in [2.24, 2.45) is 23.7 Å². The first kappa shape index (κ1) is 10.5. The minimum absolute atomic E-state index is 0.0474. The van der Waals surface area contributed by atoms with Gasteiger partial charge in [0.25, 0.3) is 5.91 Å². The minimum atomic E-state index is -0.298. The van der Waals surface area contributed by atoms with E-state index in [0.29, 0.717) is 11.6 Å². The Morgan fingerprint density at radius 3 is 2.33 bits per heavy atom. The fourth-order valence-electron chi connectivity index (χ4n) is 4.35. The van der Waals surface area contributed by atoms with Crippen molar-refractivity contribution < 1.29 is 9.18 Å². The molecule has 94 valence electrons. The van der Waals surface area contributed by atoms with Crippen LogP contribution in [-0.2, 0) is 0 Å². The molecule has 3 heteroatoms. The second kappa shape index (κ2) is 3.56. The summed E-state index contributed by atoms with van der Waals surface area (Å²) < 4.78 is 12.8. The van der Waals surface area contributed by atoms with Crippen LogP contribution in [0.25, 0.3) is 0 Å². The molecule has 0 saturated heterocycles. The van der Waals surface area contributed by atoms with E-state index in [1.54, 1.807) is 12.1 Å². The van der Waals surface area contributed by atoms with E-state index in [2.05, 4.69) is 5.32 Å². The third-order valence-corrected chi connectivity index (χ3v) is 5.14. The smallest absolute Gasteiger partial charge is 0.251 e. The number of hydrogen-bond donors (Lipinski definition) is 1. The Kier molecular flexibility index (Phi) is 2.08. The first-order valence-electron chi connectivity index (χ1n) is 6.80. The van der Waals surface area contributed by atoms with Crippen LogP contribution < -0.4 is 5.32 Å². The van der Waals surface area contributed by atoms with Gasteiger partial charge >= 0.3 is 0 Å². The van der Waals surface area contributed by atoms with Gasteiger partial charge in [-0.2, -0.15) is 0 Å². The summed E-state index contributed by atoms with van der Waals surface area (Å²) in [7, 11) is 0. The van der Waals surface area contributed by atoms with Gasteiger partial charge in [0.2, 0.25) is 0 Å². The molecule has 3 fully saturated rings. The average molecular weight is 245 g/mol. The second-order valence-electron chi connectivity index (χ2n) is 5.99. The highest BCUT2D eigenvalue weighted by Crippen LogP contribution is 2.65. The minimum Gasteiger partial charge on any atom is -0.349 e. The van der Waals surface area contributed by atoms with Crippen LogP contribution in [0, 0.1) is 29.5 Å². The summed E-state index contributed by atoms with van der Waals surface area (Å²) in [5.41, 5.74) is 0.564. The van der Waals surface area contributed by atoms with Gasteiger partial charge in [0.1, 0.15) is 5.82 Å². The molecular weight excluding hydrogens is 229 g/mol. The van der Waals surface area contributed by atoms with Gasteiger partial charge in [-0.1, -0.05) is 0 Å². The van der Waals surface area contributed by atoms with Crippen molar-refractivity contribution in [2.45, 2.75) is 25.3 Å². The fourth-order valence-corrected chi connectivity index (χ4v) is 4.35. The van der Waals surface area contributed by atoms with Crippen LogP contribution >= 0.6 is 0 Å². The Hall–Kier alpha value is -1.38. The van der Waals surface area contributed by atoms with Crippen molar-refractivity contribution in [3.63, 3.8) is 0 Å². The Bertz CT molecular complexity index is 482. The first-order chi connectivity index (χ1) is 8.74. The molecular formula is C15H16FNO. The standard InChI is InChI=1S/C15H16FNO/c16-11-5-3-8(4-6-11)15(18)17-14-12-9-1-2-10(7-9)13(12)14/h3-6,9-10,12-14H,1-2,7H2,(H,17,18). The molecule has 1 amide bonds. The maximum Gasteiger partial charge on any atom is 0.251 e. The monoisotopic (exact) mass is 245 g/mol. The lowest BCUT2D eigenvalue weighted by Crippen LogP contribution is -2.29. The molecule has 1 N–H and O–H groups in total. The molecule has 18 heavy (non-hydrogen) atoms. The summed E-state index contributed by atoms with van der Waals surface area (Å²) in [5.74, 6) is 2.86. The van der Waals surface area contributed by atoms with Crippen molar-refractivity contribution in [3.05, 3.63) is 35.6 Å². The predicted octanol–water partition coefficient (Wildman–Crippen LogP) is 2.60. The zero-order valence-electron chi connectivity index (χ0n) is 10.1. The van der Waals surface area contributed by atoms with Gasteiger partial charge < -0.3 is 5.32 Å². The van der Waals surface area contributed by atoms with Crippen molar-refractivity contribution in [1.82, 2.24) is 5.32 Å². The van der Waals surface area contributed by atoms with Crippen LogP contribution in [0.2, 0.25) is 0 Å². The highest BCUT2D eigenvalue weighted by molar-refractivity contribution is 5.94. The molecule has 2 nitrogen and oxygen atoms in total. The molecule has 0 spiro atoms. The second-order valence-corrected chi connectivity index (χ2v) is 5.99. The molecule has 4 atom stereocenters. The lowest BCUT2D eigenvalue weighted by Gasteiger charge is -2.10. The zero-order valence-corrected chi connectivity index (χ0v) is 10.1. The van der Waals surface area contributed by atoms with Crippen LogP contribution in [0.1, 0.15) is 29.6 Å². The van der Waals surface area contributed by atoms with E-state index in [9.17, 15) is 9.18 Å². The normalized spacial score (nSPS) is 39.5. The number of amides is 1. The average Bonchev–Trinajstić information content (AvgIpc) is 2.78. The number of nitrogens with one attached hydrogen (secondary N) is 1. The van der Waals surface area contributed by atoms with Gasteiger partial charge in [0, 0.05) is 11.6 Å². The molecule has 1 aromatic rings. The number of fused-ring (bicyclic) bond motifs is 5. The molecule has 0 aromatic heterocycles. The van der Waals surface area contributed by atoms with Gasteiger partial charge in [0.05, 0.1) is 0 Å². The SMILES string of the molecule is O=C(NC1C2C3CCC(C3)C12)c1ccc(F)cc1.